The van der Waals surface area contributed by atoms with Crippen LogP contribution in [0.3, 0.4) is 0 Å². The van der Waals surface area contributed by atoms with Gasteiger partial charge in [0, 0.05) is 23.1 Å². The molecule has 112 valence electrons. The lowest BCUT2D eigenvalue weighted by Gasteiger charge is -2.34. The molecule has 0 bridgehead atoms. The molecule has 0 saturated carbocycles. The number of aromatic nitrogens is 1. The monoisotopic (exact) mass is 351 g/mol. The summed E-state index contributed by atoms with van der Waals surface area (Å²) in [6, 6.07) is 5.32. The molecule has 1 heterocycles. The van der Waals surface area contributed by atoms with Gasteiger partial charge in [-0.1, -0.05) is 13.8 Å². The summed E-state index contributed by atoms with van der Waals surface area (Å²) in [5.74, 6) is -0.252. The van der Waals surface area contributed by atoms with Crippen molar-refractivity contribution in [3.63, 3.8) is 0 Å². The number of benzene rings is 1. The Balaban J connectivity index is 2.16. The second-order valence-electron chi connectivity index (χ2n) is 6.70. The quantitative estimate of drug-likeness (QED) is 0.791. The predicted octanol–water partition coefficient (Wildman–Crippen LogP) is 4.69. The van der Waals surface area contributed by atoms with Crippen LogP contribution in [0.25, 0.3) is 5.69 Å². The summed E-state index contributed by atoms with van der Waals surface area (Å²) in [5, 5.41) is 10.3. The molecule has 21 heavy (non-hydrogen) atoms. The number of rotatable bonds is 1. The van der Waals surface area contributed by atoms with Crippen molar-refractivity contribution >= 4 is 15.9 Å². The summed E-state index contributed by atoms with van der Waals surface area (Å²) in [5.41, 5.74) is 4.02. The Labute approximate surface area is 132 Å². The number of halogens is 2. The van der Waals surface area contributed by atoms with Crippen LogP contribution in [0, 0.1) is 18.2 Å². The number of hydrogen-bond donors (Lipinski definition) is 1. The number of hydrogen-bond acceptors (Lipinski definition) is 1. The Morgan fingerprint density at radius 2 is 2.10 bits per heavy atom. The van der Waals surface area contributed by atoms with E-state index in [9.17, 15) is 9.50 Å². The molecule has 1 atom stereocenters. The van der Waals surface area contributed by atoms with E-state index in [-0.39, 0.29) is 11.2 Å². The first-order chi connectivity index (χ1) is 9.78. The van der Waals surface area contributed by atoms with Crippen LogP contribution in [0.15, 0.2) is 28.9 Å². The summed E-state index contributed by atoms with van der Waals surface area (Å²) >= 11 is 3.26. The maximum atomic E-state index is 13.6. The van der Waals surface area contributed by atoms with E-state index in [1.807, 2.05) is 19.2 Å². The lowest BCUT2D eigenvalue weighted by atomic mass is 9.75. The van der Waals surface area contributed by atoms with E-state index in [1.54, 1.807) is 6.07 Å². The first-order valence-electron chi connectivity index (χ1n) is 7.13. The van der Waals surface area contributed by atoms with Crippen LogP contribution < -0.4 is 0 Å². The second kappa shape index (κ2) is 4.96. The fourth-order valence-corrected chi connectivity index (χ4v) is 3.58. The van der Waals surface area contributed by atoms with Crippen LogP contribution in [0.2, 0.25) is 0 Å². The highest BCUT2D eigenvalue weighted by atomic mass is 79.9. The maximum absolute atomic E-state index is 13.6. The molecule has 3 rings (SSSR count). The van der Waals surface area contributed by atoms with Crippen molar-refractivity contribution in [3.05, 3.63) is 51.5 Å². The van der Waals surface area contributed by atoms with Crippen LogP contribution in [-0.2, 0) is 6.42 Å². The highest BCUT2D eigenvalue weighted by Crippen LogP contribution is 2.42. The van der Waals surface area contributed by atoms with E-state index in [4.69, 9.17) is 0 Å². The second-order valence-corrected chi connectivity index (χ2v) is 7.56. The van der Waals surface area contributed by atoms with Crippen molar-refractivity contribution in [2.45, 2.75) is 39.7 Å². The van der Waals surface area contributed by atoms with Gasteiger partial charge in [0.1, 0.15) is 5.82 Å². The topological polar surface area (TPSA) is 25.2 Å². The zero-order valence-electron chi connectivity index (χ0n) is 12.5. The molecule has 1 unspecified atom stereocenters. The summed E-state index contributed by atoms with van der Waals surface area (Å²) in [7, 11) is 0. The molecule has 0 amide bonds. The molecule has 4 heteroatoms. The smallest absolute Gasteiger partial charge is 0.137 e. The summed E-state index contributed by atoms with van der Waals surface area (Å²) < 4.78 is 16.2. The Hall–Kier alpha value is -1.13. The molecule has 0 radical (unpaired) electrons. The van der Waals surface area contributed by atoms with Crippen molar-refractivity contribution in [2.24, 2.45) is 5.41 Å². The summed E-state index contributed by atoms with van der Waals surface area (Å²) in [6.07, 6.45) is 3.23. The fourth-order valence-electron chi connectivity index (χ4n) is 3.25. The van der Waals surface area contributed by atoms with Gasteiger partial charge >= 0.3 is 0 Å². The van der Waals surface area contributed by atoms with E-state index in [0.717, 1.165) is 35.3 Å². The molecule has 0 saturated heterocycles. The van der Waals surface area contributed by atoms with Gasteiger partial charge in [-0.15, -0.1) is 0 Å². The molecule has 1 aliphatic carbocycles. The van der Waals surface area contributed by atoms with Gasteiger partial charge in [-0.2, -0.15) is 0 Å². The zero-order valence-corrected chi connectivity index (χ0v) is 14.0. The lowest BCUT2D eigenvalue weighted by molar-refractivity contribution is 0.0987. The number of aryl methyl sites for hydroxylation is 1. The minimum atomic E-state index is -0.422. The van der Waals surface area contributed by atoms with Gasteiger partial charge in [0.15, 0.2) is 0 Å². The van der Waals surface area contributed by atoms with Crippen molar-refractivity contribution < 1.29 is 9.50 Å². The van der Waals surface area contributed by atoms with E-state index < -0.39 is 6.10 Å². The third kappa shape index (κ3) is 2.55. The molecule has 2 nitrogen and oxygen atoms in total. The number of aliphatic hydroxyl groups excluding tert-OH is 1. The first-order valence-corrected chi connectivity index (χ1v) is 7.92. The van der Waals surface area contributed by atoms with Gasteiger partial charge in [0.25, 0.3) is 0 Å². The third-order valence-corrected chi connectivity index (χ3v) is 4.88. The average molecular weight is 352 g/mol. The van der Waals surface area contributed by atoms with Gasteiger partial charge in [-0.25, -0.2) is 4.39 Å². The molecular formula is C17H19BrFNO. The molecule has 1 aliphatic rings. The zero-order chi connectivity index (χ0) is 15.4. The lowest BCUT2D eigenvalue weighted by Crippen LogP contribution is -2.26. The normalized spacial score (nSPS) is 20.4. The largest absolute Gasteiger partial charge is 0.388 e. The summed E-state index contributed by atoms with van der Waals surface area (Å²) in [4.78, 5) is 0. The van der Waals surface area contributed by atoms with Crippen LogP contribution >= 0.6 is 15.9 Å². The Bertz CT molecular complexity index is 705. The van der Waals surface area contributed by atoms with Crippen molar-refractivity contribution in [1.82, 2.24) is 4.57 Å². The maximum Gasteiger partial charge on any atom is 0.137 e. The predicted molar refractivity (Wildman–Crippen MR) is 85.2 cm³/mol. The molecule has 0 fully saturated rings. The number of nitrogens with zero attached hydrogens (tertiary/aromatic N) is 1. The highest BCUT2D eigenvalue weighted by Gasteiger charge is 2.33. The molecular weight excluding hydrogens is 333 g/mol. The molecule has 0 spiro atoms. The van der Waals surface area contributed by atoms with Crippen LogP contribution in [0.5, 0.6) is 0 Å². The standard InChI is InChI=1S/C17H19BrFNO/c1-10-6-13(19)12(18)7-14(10)20-5-4-11-15(20)8-17(2,3)9-16(11)21/h4-7,16,21H,8-9H2,1-3H3. The number of fused-ring (bicyclic) bond motifs is 1. The molecule has 1 aromatic heterocycles. The van der Waals surface area contributed by atoms with Crippen molar-refractivity contribution in [2.75, 3.05) is 0 Å². The van der Waals surface area contributed by atoms with Crippen molar-refractivity contribution in [3.8, 4) is 5.69 Å². The van der Waals surface area contributed by atoms with Gasteiger partial charge < -0.3 is 9.67 Å². The first kappa shape index (κ1) is 14.8. The number of aliphatic hydroxyl groups is 1. The molecule has 2 aromatic rings. The minimum Gasteiger partial charge on any atom is -0.388 e. The SMILES string of the molecule is Cc1cc(F)c(Br)cc1-n1ccc2c1CC(C)(C)CC2O. The van der Waals surface area contributed by atoms with E-state index in [2.05, 4.69) is 34.3 Å². The van der Waals surface area contributed by atoms with Crippen LogP contribution in [0.4, 0.5) is 4.39 Å². The van der Waals surface area contributed by atoms with E-state index in [0.29, 0.717) is 4.47 Å². The van der Waals surface area contributed by atoms with Gasteiger partial charge in [-0.05, 0) is 64.9 Å². The average Bonchev–Trinajstić information content (AvgIpc) is 2.76. The molecule has 1 aromatic carbocycles. The van der Waals surface area contributed by atoms with Crippen molar-refractivity contribution in [1.29, 1.82) is 0 Å². The Kier molecular flexibility index (Phi) is 3.49. The van der Waals surface area contributed by atoms with Gasteiger partial charge in [0.2, 0.25) is 0 Å². The minimum absolute atomic E-state index is 0.0632. The van der Waals surface area contributed by atoms with Crippen LogP contribution in [0.1, 0.15) is 43.2 Å². The Morgan fingerprint density at radius 1 is 1.38 bits per heavy atom. The Morgan fingerprint density at radius 3 is 2.81 bits per heavy atom. The highest BCUT2D eigenvalue weighted by molar-refractivity contribution is 9.10. The van der Waals surface area contributed by atoms with Crippen LogP contribution in [-0.4, -0.2) is 9.67 Å². The van der Waals surface area contributed by atoms with E-state index >= 15 is 0 Å². The summed E-state index contributed by atoms with van der Waals surface area (Å²) in [6.45, 7) is 6.25. The third-order valence-electron chi connectivity index (χ3n) is 4.28. The molecule has 1 N–H and O–H groups in total. The van der Waals surface area contributed by atoms with Gasteiger partial charge in [0.05, 0.1) is 10.6 Å². The van der Waals surface area contributed by atoms with E-state index in [1.165, 1.54) is 6.07 Å². The fraction of sp³-hybridized carbons (Fsp3) is 0.412. The van der Waals surface area contributed by atoms with Gasteiger partial charge in [-0.3, -0.25) is 0 Å². The molecule has 0 aliphatic heterocycles.